The monoisotopic (exact) mass is 436 g/mol. The summed E-state index contributed by atoms with van der Waals surface area (Å²) >= 11 is 1.45. The van der Waals surface area contributed by atoms with Crippen molar-refractivity contribution in [1.29, 1.82) is 0 Å². The molecule has 31 heavy (non-hydrogen) atoms. The van der Waals surface area contributed by atoms with E-state index >= 15 is 0 Å². The molecular formula is C24H28N4O2S. The number of hydrogen-bond acceptors (Lipinski definition) is 6. The SMILES string of the molecule is COc1ccccc1-c1nc(C(=O)NC(CN2CCN(C)CC2)c2ccccc2)cs1. The maximum Gasteiger partial charge on any atom is 0.271 e. The Balaban J connectivity index is 1.50. The molecule has 0 radical (unpaired) electrons. The highest BCUT2D eigenvalue weighted by molar-refractivity contribution is 7.13. The van der Waals surface area contributed by atoms with E-state index < -0.39 is 0 Å². The molecule has 1 saturated heterocycles. The van der Waals surface area contributed by atoms with Crippen LogP contribution in [0.4, 0.5) is 0 Å². The normalized spacial score (nSPS) is 16.1. The number of aromatic nitrogens is 1. The number of rotatable bonds is 7. The number of nitrogens with one attached hydrogen (secondary N) is 1. The van der Waals surface area contributed by atoms with Crippen molar-refractivity contribution < 1.29 is 9.53 Å². The number of thiazole rings is 1. The lowest BCUT2D eigenvalue weighted by molar-refractivity contribution is 0.0903. The number of benzene rings is 2. The van der Waals surface area contributed by atoms with E-state index in [-0.39, 0.29) is 11.9 Å². The van der Waals surface area contributed by atoms with Gasteiger partial charge in [-0.05, 0) is 24.7 Å². The van der Waals surface area contributed by atoms with E-state index in [4.69, 9.17) is 4.74 Å². The van der Waals surface area contributed by atoms with Crippen LogP contribution in [0.2, 0.25) is 0 Å². The minimum atomic E-state index is -0.152. The zero-order valence-electron chi connectivity index (χ0n) is 18.0. The number of likely N-dealkylation sites (N-methyl/N-ethyl adjacent to an activating group) is 1. The maximum absolute atomic E-state index is 13.1. The summed E-state index contributed by atoms with van der Waals surface area (Å²) in [6.07, 6.45) is 0. The van der Waals surface area contributed by atoms with Gasteiger partial charge in [-0.1, -0.05) is 42.5 Å². The molecule has 1 N–H and O–H groups in total. The second kappa shape index (κ2) is 10.0. The number of nitrogens with zero attached hydrogens (tertiary/aromatic N) is 3. The molecule has 162 valence electrons. The molecule has 0 spiro atoms. The summed E-state index contributed by atoms with van der Waals surface area (Å²) in [5.41, 5.74) is 2.44. The van der Waals surface area contributed by atoms with Crippen LogP contribution in [0, 0.1) is 0 Å². The van der Waals surface area contributed by atoms with Crippen LogP contribution in [-0.2, 0) is 0 Å². The summed E-state index contributed by atoms with van der Waals surface area (Å²) in [4.78, 5) is 22.4. The number of para-hydroxylation sites is 1. The van der Waals surface area contributed by atoms with Gasteiger partial charge < -0.3 is 15.0 Å². The van der Waals surface area contributed by atoms with Crippen molar-refractivity contribution in [2.24, 2.45) is 0 Å². The average Bonchev–Trinajstić information content (AvgIpc) is 3.31. The van der Waals surface area contributed by atoms with Crippen LogP contribution >= 0.6 is 11.3 Å². The van der Waals surface area contributed by atoms with E-state index in [0.717, 1.165) is 54.6 Å². The second-order valence-corrected chi connectivity index (χ2v) is 8.64. The van der Waals surface area contributed by atoms with E-state index in [0.29, 0.717) is 5.69 Å². The smallest absolute Gasteiger partial charge is 0.271 e. The highest BCUT2D eigenvalue weighted by Gasteiger charge is 2.23. The van der Waals surface area contributed by atoms with Crippen molar-refractivity contribution in [2.45, 2.75) is 6.04 Å². The zero-order chi connectivity index (χ0) is 21.6. The molecule has 2 heterocycles. The van der Waals surface area contributed by atoms with Crippen molar-refractivity contribution in [2.75, 3.05) is 46.9 Å². The summed E-state index contributed by atoms with van der Waals surface area (Å²) in [6, 6.07) is 17.8. The van der Waals surface area contributed by atoms with Crippen LogP contribution in [0.3, 0.4) is 0 Å². The van der Waals surface area contributed by atoms with E-state index in [1.54, 1.807) is 7.11 Å². The lowest BCUT2D eigenvalue weighted by Crippen LogP contribution is -2.47. The Kier molecular flexibility index (Phi) is 6.96. The minimum absolute atomic E-state index is 0.0893. The van der Waals surface area contributed by atoms with Gasteiger partial charge in [0.15, 0.2) is 0 Å². The average molecular weight is 437 g/mol. The quantitative estimate of drug-likeness (QED) is 0.614. The van der Waals surface area contributed by atoms with E-state index in [2.05, 4.69) is 39.3 Å². The standard InChI is InChI=1S/C24H28N4O2S/c1-27-12-14-28(15-13-27)16-20(18-8-4-3-5-9-18)25-23(29)21-17-31-24(26-21)19-10-6-7-11-22(19)30-2/h3-11,17,20H,12-16H2,1-2H3,(H,25,29). The van der Waals surface area contributed by atoms with Crippen LogP contribution in [0.25, 0.3) is 10.6 Å². The third-order valence-corrected chi connectivity index (χ3v) is 6.49. The Morgan fingerprint density at radius 3 is 2.55 bits per heavy atom. The molecule has 0 saturated carbocycles. The van der Waals surface area contributed by atoms with Crippen LogP contribution in [-0.4, -0.2) is 67.6 Å². The third kappa shape index (κ3) is 5.31. The zero-order valence-corrected chi connectivity index (χ0v) is 18.8. The van der Waals surface area contributed by atoms with Crippen molar-refractivity contribution in [3.63, 3.8) is 0 Å². The van der Waals surface area contributed by atoms with E-state index in [1.807, 2.05) is 47.8 Å². The summed E-state index contributed by atoms with van der Waals surface area (Å²) in [7, 11) is 3.79. The van der Waals surface area contributed by atoms with Crippen molar-refractivity contribution in [3.05, 3.63) is 71.2 Å². The number of carbonyl (C=O) groups is 1. The summed E-state index contributed by atoms with van der Waals surface area (Å²) in [5, 5.41) is 5.81. The van der Waals surface area contributed by atoms with Gasteiger partial charge in [-0.2, -0.15) is 0 Å². The molecule has 1 atom stereocenters. The predicted molar refractivity (Wildman–Crippen MR) is 125 cm³/mol. The molecule has 7 heteroatoms. The first-order valence-corrected chi connectivity index (χ1v) is 11.4. The number of ether oxygens (including phenoxy) is 1. The molecule has 1 unspecified atom stereocenters. The Bertz CT molecular complexity index is 1000. The molecule has 1 aromatic heterocycles. The third-order valence-electron chi connectivity index (χ3n) is 5.62. The predicted octanol–water partition coefficient (Wildman–Crippen LogP) is 3.54. The van der Waals surface area contributed by atoms with Crippen molar-refractivity contribution in [1.82, 2.24) is 20.1 Å². The first-order chi connectivity index (χ1) is 15.1. The van der Waals surface area contributed by atoms with Crippen LogP contribution in [0.5, 0.6) is 5.75 Å². The van der Waals surface area contributed by atoms with Crippen LogP contribution in [0.15, 0.2) is 60.0 Å². The van der Waals surface area contributed by atoms with Gasteiger partial charge in [0.05, 0.1) is 18.7 Å². The van der Waals surface area contributed by atoms with Gasteiger partial charge >= 0.3 is 0 Å². The van der Waals surface area contributed by atoms with Gasteiger partial charge in [0.25, 0.3) is 5.91 Å². The summed E-state index contributed by atoms with van der Waals surface area (Å²) in [6.45, 7) is 4.88. The first-order valence-electron chi connectivity index (χ1n) is 10.5. The minimum Gasteiger partial charge on any atom is -0.496 e. The molecule has 2 aromatic carbocycles. The highest BCUT2D eigenvalue weighted by Crippen LogP contribution is 2.32. The number of hydrogen-bond donors (Lipinski definition) is 1. The Morgan fingerprint density at radius 2 is 1.81 bits per heavy atom. The molecule has 1 aliphatic rings. The highest BCUT2D eigenvalue weighted by atomic mass is 32.1. The molecule has 0 bridgehead atoms. The van der Waals surface area contributed by atoms with E-state index in [1.165, 1.54) is 11.3 Å². The fraction of sp³-hybridized carbons (Fsp3) is 0.333. The van der Waals surface area contributed by atoms with Gasteiger partial charge in [-0.3, -0.25) is 9.69 Å². The lowest BCUT2D eigenvalue weighted by atomic mass is 10.1. The maximum atomic E-state index is 13.1. The molecule has 0 aliphatic carbocycles. The fourth-order valence-corrected chi connectivity index (χ4v) is 4.59. The Hall–Kier alpha value is -2.74. The van der Waals surface area contributed by atoms with Crippen LogP contribution in [0.1, 0.15) is 22.1 Å². The molecule has 3 aromatic rings. The molecule has 1 amide bonds. The van der Waals surface area contributed by atoms with Gasteiger partial charge in [0.2, 0.25) is 0 Å². The van der Waals surface area contributed by atoms with Crippen LogP contribution < -0.4 is 10.1 Å². The van der Waals surface area contributed by atoms with Gasteiger partial charge in [-0.15, -0.1) is 11.3 Å². The fourth-order valence-electron chi connectivity index (χ4n) is 3.76. The Labute approximate surface area is 187 Å². The number of carbonyl (C=O) groups excluding carboxylic acids is 1. The number of piperazine rings is 1. The summed E-state index contributed by atoms with van der Waals surface area (Å²) < 4.78 is 5.44. The molecular weight excluding hydrogens is 408 g/mol. The lowest BCUT2D eigenvalue weighted by Gasteiger charge is -2.35. The number of methoxy groups -OCH3 is 1. The van der Waals surface area contributed by atoms with E-state index in [9.17, 15) is 4.79 Å². The largest absolute Gasteiger partial charge is 0.496 e. The molecule has 6 nitrogen and oxygen atoms in total. The van der Waals surface area contributed by atoms with Crippen molar-refractivity contribution in [3.8, 4) is 16.3 Å². The van der Waals surface area contributed by atoms with Gasteiger partial charge in [-0.25, -0.2) is 4.98 Å². The number of amides is 1. The molecule has 1 aliphatic heterocycles. The Morgan fingerprint density at radius 1 is 1.10 bits per heavy atom. The van der Waals surface area contributed by atoms with Gasteiger partial charge in [0, 0.05) is 38.1 Å². The van der Waals surface area contributed by atoms with Gasteiger partial charge in [0.1, 0.15) is 16.5 Å². The molecule has 1 fully saturated rings. The topological polar surface area (TPSA) is 57.7 Å². The molecule has 4 rings (SSSR count). The summed E-state index contributed by atoms with van der Waals surface area (Å²) in [5.74, 6) is 0.599. The first kappa shape index (κ1) is 21.5. The van der Waals surface area contributed by atoms with Crippen molar-refractivity contribution >= 4 is 17.2 Å². The second-order valence-electron chi connectivity index (χ2n) is 7.78.